The lowest BCUT2D eigenvalue weighted by atomic mass is 10.0. The molecule has 86 valence electrons. The van der Waals surface area contributed by atoms with E-state index < -0.39 is 5.97 Å². The summed E-state index contributed by atoms with van der Waals surface area (Å²) in [5, 5.41) is 21.5. The first-order valence-corrected chi connectivity index (χ1v) is 5.06. The number of morpholine rings is 1. The number of hydrogen-bond acceptors (Lipinski definition) is 4. The summed E-state index contributed by atoms with van der Waals surface area (Å²) in [6, 6.07) is 4.57. The van der Waals surface area contributed by atoms with Crippen LogP contribution in [-0.2, 0) is 4.74 Å². The minimum Gasteiger partial charge on any atom is -0.507 e. The predicted molar refractivity (Wildman–Crippen MR) is 56.6 cm³/mol. The molecule has 0 spiro atoms. The number of benzene rings is 1. The molecule has 1 aromatic carbocycles. The van der Waals surface area contributed by atoms with E-state index in [1.807, 2.05) is 0 Å². The van der Waals surface area contributed by atoms with Crippen LogP contribution in [0.4, 0.5) is 0 Å². The molecular formula is C11H13NO4. The molecule has 0 bridgehead atoms. The van der Waals surface area contributed by atoms with Gasteiger partial charge in [0.05, 0.1) is 19.3 Å². The van der Waals surface area contributed by atoms with Crippen molar-refractivity contribution in [3.63, 3.8) is 0 Å². The van der Waals surface area contributed by atoms with Gasteiger partial charge in [-0.1, -0.05) is 6.07 Å². The second-order valence-electron chi connectivity index (χ2n) is 3.66. The Kier molecular flexibility index (Phi) is 3.07. The number of aromatic carboxylic acids is 1. The topological polar surface area (TPSA) is 78.8 Å². The Hall–Kier alpha value is -1.59. The molecule has 0 amide bonds. The molecule has 2 rings (SSSR count). The molecular weight excluding hydrogens is 210 g/mol. The van der Waals surface area contributed by atoms with Crippen LogP contribution in [0, 0.1) is 0 Å². The maximum Gasteiger partial charge on any atom is 0.339 e. The smallest absolute Gasteiger partial charge is 0.339 e. The van der Waals surface area contributed by atoms with Crippen molar-refractivity contribution >= 4 is 5.97 Å². The fraction of sp³-hybridized carbons (Fsp3) is 0.364. The zero-order valence-corrected chi connectivity index (χ0v) is 8.64. The normalized spacial score (nSPS) is 20.6. The maximum atomic E-state index is 10.8. The first-order valence-electron chi connectivity index (χ1n) is 5.06. The lowest BCUT2D eigenvalue weighted by Gasteiger charge is -2.24. The summed E-state index contributed by atoms with van der Waals surface area (Å²) in [6.07, 6.45) is 0. The highest BCUT2D eigenvalue weighted by Crippen LogP contribution is 2.23. The van der Waals surface area contributed by atoms with Gasteiger partial charge in [-0.15, -0.1) is 0 Å². The molecule has 3 N–H and O–H groups in total. The van der Waals surface area contributed by atoms with Crippen molar-refractivity contribution in [2.75, 3.05) is 19.8 Å². The van der Waals surface area contributed by atoms with Crippen LogP contribution in [0.3, 0.4) is 0 Å². The van der Waals surface area contributed by atoms with Crippen LogP contribution < -0.4 is 5.32 Å². The highest BCUT2D eigenvalue weighted by molar-refractivity contribution is 5.90. The first kappa shape index (κ1) is 10.9. The molecule has 1 atom stereocenters. The van der Waals surface area contributed by atoms with Gasteiger partial charge in [-0.2, -0.15) is 0 Å². The third-order valence-corrected chi connectivity index (χ3v) is 2.58. The molecule has 1 fully saturated rings. The molecule has 16 heavy (non-hydrogen) atoms. The van der Waals surface area contributed by atoms with E-state index in [4.69, 9.17) is 9.84 Å². The van der Waals surface area contributed by atoms with Crippen molar-refractivity contribution in [2.45, 2.75) is 6.04 Å². The number of carboxylic acids is 1. The van der Waals surface area contributed by atoms with E-state index in [0.717, 1.165) is 12.1 Å². The zero-order chi connectivity index (χ0) is 11.5. The van der Waals surface area contributed by atoms with Gasteiger partial charge in [0.1, 0.15) is 11.3 Å². The maximum absolute atomic E-state index is 10.8. The summed E-state index contributed by atoms with van der Waals surface area (Å²) in [5.41, 5.74) is 0.736. The average molecular weight is 223 g/mol. The Labute approximate surface area is 92.7 Å². The molecule has 0 aliphatic carbocycles. The summed E-state index contributed by atoms with van der Waals surface area (Å²) in [5.74, 6) is -1.34. The van der Waals surface area contributed by atoms with Crippen LogP contribution >= 0.6 is 0 Å². The molecule has 0 radical (unpaired) electrons. The van der Waals surface area contributed by atoms with E-state index in [1.54, 1.807) is 6.07 Å². The quantitative estimate of drug-likeness (QED) is 0.689. The highest BCUT2D eigenvalue weighted by atomic mass is 16.5. The van der Waals surface area contributed by atoms with Gasteiger partial charge < -0.3 is 20.3 Å². The minimum absolute atomic E-state index is 0.00699. The van der Waals surface area contributed by atoms with Crippen molar-refractivity contribution in [1.82, 2.24) is 5.32 Å². The number of carbonyl (C=O) groups is 1. The Bertz CT molecular complexity index is 399. The van der Waals surface area contributed by atoms with Crippen molar-refractivity contribution in [3.8, 4) is 5.75 Å². The van der Waals surface area contributed by atoms with Gasteiger partial charge in [-0.05, 0) is 17.7 Å². The zero-order valence-electron chi connectivity index (χ0n) is 8.64. The first-order chi connectivity index (χ1) is 7.68. The number of nitrogens with one attached hydrogen (secondary N) is 1. The molecule has 0 unspecified atom stereocenters. The average Bonchev–Trinajstić information content (AvgIpc) is 2.30. The lowest BCUT2D eigenvalue weighted by Crippen LogP contribution is -2.34. The van der Waals surface area contributed by atoms with Crippen LogP contribution in [0.1, 0.15) is 22.0 Å². The molecule has 1 heterocycles. The molecule has 1 saturated heterocycles. The van der Waals surface area contributed by atoms with Crippen LogP contribution in [0.15, 0.2) is 18.2 Å². The number of phenols is 1. The van der Waals surface area contributed by atoms with E-state index in [9.17, 15) is 9.90 Å². The van der Waals surface area contributed by atoms with Crippen LogP contribution in [0.2, 0.25) is 0 Å². The van der Waals surface area contributed by atoms with E-state index >= 15 is 0 Å². The van der Waals surface area contributed by atoms with Gasteiger partial charge in [0.25, 0.3) is 0 Å². The lowest BCUT2D eigenvalue weighted by molar-refractivity contribution is 0.0690. The van der Waals surface area contributed by atoms with Gasteiger partial charge in [0.2, 0.25) is 0 Å². The number of hydrogen-bond donors (Lipinski definition) is 3. The predicted octanol–water partition coefficient (Wildman–Crippen LogP) is 0.751. The van der Waals surface area contributed by atoms with E-state index in [0.29, 0.717) is 13.2 Å². The Morgan fingerprint density at radius 2 is 2.31 bits per heavy atom. The SMILES string of the molecule is O=C(O)c1cc([C@@H]2COCCN2)ccc1O. The number of ether oxygens (including phenoxy) is 1. The largest absolute Gasteiger partial charge is 0.507 e. The second kappa shape index (κ2) is 4.51. The van der Waals surface area contributed by atoms with E-state index in [1.165, 1.54) is 12.1 Å². The van der Waals surface area contributed by atoms with Crippen LogP contribution in [0.25, 0.3) is 0 Å². The summed E-state index contributed by atoms with van der Waals surface area (Å²) in [6.45, 7) is 1.93. The summed E-state index contributed by atoms with van der Waals surface area (Å²) in [7, 11) is 0. The van der Waals surface area contributed by atoms with E-state index in [2.05, 4.69) is 5.32 Å². The third-order valence-electron chi connectivity index (χ3n) is 2.58. The fourth-order valence-electron chi connectivity index (χ4n) is 1.72. The van der Waals surface area contributed by atoms with Gasteiger partial charge in [-0.3, -0.25) is 0 Å². The monoisotopic (exact) mass is 223 g/mol. The van der Waals surface area contributed by atoms with Crippen molar-refractivity contribution in [2.24, 2.45) is 0 Å². The number of rotatable bonds is 2. The molecule has 1 aliphatic heterocycles. The Balaban J connectivity index is 2.27. The molecule has 0 saturated carbocycles. The Morgan fingerprint density at radius 1 is 1.50 bits per heavy atom. The second-order valence-corrected chi connectivity index (χ2v) is 3.66. The van der Waals surface area contributed by atoms with Crippen LogP contribution in [0.5, 0.6) is 5.75 Å². The van der Waals surface area contributed by atoms with Crippen molar-refractivity contribution < 1.29 is 19.7 Å². The summed E-state index contributed by atoms with van der Waals surface area (Å²) < 4.78 is 5.29. The summed E-state index contributed by atoms with van der Waals surface area (Å²) >= 11 is 0. The number of aromatic hydroxyl groups is 1. The standard InChI is InChI=1S/C11H13NO4/c13-10-2-1-7(5-8(10)11(14)15)9-6-16-4-3-12-9/h1-2,5,9,12-13H,3-4,6H2,(H,14,15)/t9-/m0/s1. The highest BCUT2D eigenvalue weighted by Gasteiger charge is 2.18. The fourth-order valence-corrected chi connectivity index (χ4v) is 1.72. The van der Waals surface area contributed by atoms with Gasteiger partial charge in [-0.25, -0.2) is 4.79 Å². The van der Waals surface area contributed by atoms with E-state index in [-0.39, 0.29) is 17.4 Å². The minimum atomic E-state index is -1.13. The van der Waals surface area contributed by atoms with Gasteiger partial charge >= 0.3 is 5.97 Å². The summed E-state index contributed by atoms with van der Waals surface area (Å²) in [4.78, 5) is 10.8. The molecule has 1 aromatic rings. The van der Waals surface area contributed by atoms with Crippen molar-refractivity contribution in [1.29, 1.82) is 0 Å². The van der Waals surface area contributed by atoms with Crippen LogP contribution in [-0.4, -0.2) is 35.9 Å². The third kappa shape index (κ3) is 2.15. The molecule has 5 nitrogen and oxygen atoms in total. The van der Waals surface area contributed by atoms with Crippen molar-refractivity contribution in [3.05, 3.63) is 29.3 Å². The Morgan fingerprint density at radius 3 is 2.94 bits per heavy atom. The molecule has 1 aliphatic rings. The molecule has 5 heteroatoms. The number of carboxylic acid groups (broad SMARTS) is 1. The van der Waals surface area contributed by atoms with Gasteiger partial charge in [0.15, 0.2) is 0 Å². The molecule has 0 aromatic heterocycles. The van der Waals surface area contributed by atoms with Gasteiger partial charge in [0, 0.05) is 6.54 Å².